The molecule has 3 atom stereocenters. The summed E-state index contributed by atoms with van der Waals surface area (Å²) in [4.78, 5) is 11.8. The van der Waals surface area contributed by atoms with Crippen molar-refractivity contribution >= 4 is 5.97 Å². The smallest absolute Gasteiger partial charge is 0.310 e. The molecular formula is C15H20O5. The normalized spacial score (nSPS) is 25.9. The fraction of sp³-hybridized carbons (Fsp3) is 0.533. The molecule has 1 aliphatic rings. The third-order valence-corrected chi connectivity index (χ3v) is 4.01. The average Bonchev–Trinajstić information content (AvgIpc) is 2.48. The van der Waals surface area contributed by atoms with Gasteiger partial charge >= 0.3 is 5.97 Å². The summed E-state index contributed by atoms with van der Waals surface area (Å²) < 4.78 is 10.6. The predicted octanol–water partition coefficient (Wildman–Crippen LogP) is 1.30. The maximum absolute atomic E-state index is 11.8. The van der Waals surface area contributed by atoms with Crippen LogP contribution in [0.25, 0.3) is 0 Å². The number of carbonyl (C=O) groups is 1. The fourth-order valence-electron chi connectivity index (χ4n) is 2.69. The number of aliphatic carboxylic acids is 1. The molecule has 20 heavy (non-hydrogen) atoms. The number of carboxylic acids is 1. The molecule has 1 heterocycles. The summed E-state index contributed by atoms with van der Waals surface area (Å²) in [5.74, 6) is -1.29. The summed E-state index contributed by atoms with van der Waals surface area (Å²) in [7, 11) is 0. The highest BCUT2D eigenvalue weighted by Crippen LogP contribution is 2.37. The van der Waals surface area contributed by atoms with Crippen LogP contribution in [0.4, 0.5) is 0 Å². The minimum atomic E-state index is -1.05. The Morgan fingerprint density at radius 1 is 1.40 bits per heavy atom. The van der Waals surface area contributed by atoms with E-state index in [0.29, 0.717) is 6.42 Å². The molecule has 3 unspecified atom stereocenters. The zero-order chi connectivity index (χ0) is 14.6. The minimum absolute atomic E-state index is 0.1000. The van der Waals surface area contributed by atoms with Crippen LogP contribution >= 0.6 is 0 Å². The van der Waals surface area contributed by atoms with Gasteiger partial charge in [0.25, 0.3) is 0 Å². The molecule has 0 bridgehead atoms. The topological polar surface area (TPSA) is 76.0 Å². The Bertz CT molecular complexity index is 447. The number of hydrogen-bond donors (Lipinski definition) is 2. The van der Waals surface area contributed by atoms with E-state index in [1.807, 2.05) is 30.3 Å². The molecule has 1 aromatic carbocycles. The number of ether oxygens (including phenoxy) is 2. The standard InChI is InChI=1S/C15H20O5/c1-15(14(17)18,7-11-5-3-2-4-6-11)12-9-19-10-20-13(12)8-16/h2-6,12-13,16H,7-10H2,1H3,(H,17,18). The number of carboxylic acid groups (broad SMARTS) is 1. The molecule has 5 heteroatoms. The molecular weight excluding hydrogens is 260 g/mol. The number of hydrogen-bond acceptors (Lipinski definition) is 4. The van der Waals surface area contributed by atoms with Crippen LogP contribution in [0.3, 0.4) is 0 Å². The second-order valence-electron chi connectivity index (χ2n) is 5.37. The van der Waals surface area contributed by atoms with Crippen LogP contribution in [0.15, 0.2) is 30.3 Å². The van der Waals surface area contributed by atoms with Crippen LogP contribution < -0.4 is 0 Å². The molecule has 2 rings (SSSR count). The SMILES string of the molecule is CC(Cc1ccccc1)(C(=O)O)C1COCOC1CO. The van der Waals surface area contributed by atoms with Crippen molar-refractivity contribution in [3.63, 3.8) is 0 Å². The first-order valence-corrected chi connectivity index (χ1v) is 6.65. The lowest BCUT2D eigenvalue weighted by Gasteiger charge is -2.40. The molecule has 110 valence electrons. The van der Waals surface area contributed by atoms with E-state index in [1.165, 1.54) is 0 Å². The number of benzene rings is 1. The molecule has 1 fully saturated rings. The quantitative estimate of drug-likeness (QED) is 0.850. The first-order chi connectivity index (χ1) is 9.58. The highest BCUT2D eigenvalue weighted by Gasteiger charge is 2.47. The minimum Gasteiger partial charge on any atom is -0.481 e. The molecule has 1 saturated heterocycles. The lowest BCUT2D eigenvalue weighted by atomic mass is 9.70. The summed E-state index contributed by atoms with van der Waals surface area (Å²) >= 11 is 0. The highest BCUT2D eigenvalue weighted by molar-refractivity contribution is 5.75. The maximum Gasteiger partial charge on any atom is 0.310 e. The first-order valence-electron chi connectivity index (χ1n) is 6.65. The van der Waals surface area contributed by atoms with Crippen LogP contribution in [0.1, 0.15) is 12.5 Å². The zero-order valence-corrected chi connectivity index (χ0v) is 11.5. The number of aliphatic hydroxyl groups is 1. The molecule has 0 saturated carbocycles. The van der Waals surface area contributed by atoms with Crippen molar-refractivity contribution in [2.24, 2.45) is 11.3 Å². The van der Waals surface area contributed by atoms with Crippen molar-refractivity contribution in [3.8, 4) is 0 Å². The molecule has 0 amide bonds. The van der Waals surface area contributed by atoms with Gasteiger partial charge in [-0.2, -0.15) is 0 Å². The Balaban J connectivity index is 2.26. The zero-order valence-electron chi connectivity index (χ0n) is 11.5. The van der Waals surface area contributed by atoms with Gasteiger partial charge in [0.15, 0.2) is 0 Å². The van der Waals surface area contributed by atoms with E-state index in [2.05, 4.69) is 0 Å². The van der Waals surface area contributed by atoms with E-state index in [-0.39, 0.29) is 25.9 Å². The first kappa shape index (κ1) is 15.0. The summed E-state index contributed by atoms with van der Waals surface area (Å²) in [6.45, 7) is 1.86. The Morgan fingerprint density at radius 2 is 2.10 bits per heavy atom. The molecule has 2 N–H and O–H groups in total. The third-order valence-electron chi connectivity index (χ3n) is 4.01. The second-order valence-corrected chi connectivity index (χ2v) is 5.37. The van der Waals surface area contributed by atoms with E-state index >= 15 is 0 Å². The average molecular weight is 280 g/mol. The summed E-state index contributed by atoms with van der Waals surface area (Å²) in [5.41, 5.74) is -0.102. The molecule has 0 aromatic heterocycles. The van der Waals surface area contributed by atoms with E-state index < -0.39 is 17.5 Å². The number of rotatable bonds is 5. The van der Waals surface area contributed by atoms with Crippen LogP contribution in [-0.2, 0) is 20.7 Å². The monoisotopic (exact) mass is 280 g/mol. The van der Waals surface area contributed by atoms with Crippen LogP contribution in [0.5, 0.6) is 0 Å². The van der Waals surface area contributed by atoms with Gasteiger partial charge in [-0.3, -0.25) is 4.79 Å². The maximum atomic E-state index is 11.8. The van der Waals surface area contributed by atoms with Crippen LogP contribution in [0.2, 0.25) is 0 Å². The van der Waals surface area contributed by atoms with Gasteiger partial charge in [0.05, 0.1) is 24.7 Å². The van der Waals surface area contributed by atoms with Gasteiger partial charge in [0, 0.05) is 5.92 Å². The van der Waals surface area contributed by atoms with E-state index in [9.17, 15) is 15.0 Å². The van der Waals surface area contributed by atoms with Gasteiger partial charge in [-0.25, -0.2) is 0 Å². The molecule has 1 aromatic rings. The molecule has 0 radical (unpaired) electrons. The van der Waals surface area contributed by atoms with Crippen molar-refractivity contribution in [2.75, 3.05) is 20.0 Å². The summed E-state index contributed by atoms with van der Waals surface area (Å²) in [5, 5.41) is 19.1. The van der Waals surface area contributed by atoms with Crippen molar-refractivity contribution in [1.29, 1.82) is 0 Å². The molecule has 5 nitrogen and oxygen atoms in total. The Kier molecular flexibility index (Phi) is 4.75. The van der Waals surface area contributed by atoms with Crippen molar-refractivity contribution in [2.45, 2.75) is 19.4 Å². The highest BCUT2D eigenvalue weighted by atomic mass is 16.7. The van der Waals surface area contributed by atoms with Crippen molar-refractivity contribution < 1.29 is 24.5 Å². The predicted molar refractivity (Wildman–Crippen MR) is 72.2 cm³/mol. The van der Waals surface area contributed by atoms with Crippen LogP contribution in [0, 0.1) is 11.3 Å². The van der Waals surface area contributed by atoms with Gasteiger partial charge in [-0.1, -0.05) is 30.3 Å². The Morgan fingerprint density at radius 3 is 2.70 bits per heavy atom. The lowest BCUT2D eigenvalue weighted by molar-refractivity contribution is -0.210. The molecule has 0 spiro atoms. The van der Waals surface area contributed by atoms with Crippen molar-refractivity contribution in [1.82, 2.24) is 0 Å². The largest absolute Gasteiger partial charge is 0.481 e. The summed E-state index contributed by atoms with van der Waals surface area (Å²) in [6, 6.07) is 9.47. The Labute approximate surface area is 118 Å². The van der Waals surface area contributed by atoms with Gasteiger partial charge in [0.2, 0.25) is 0 Å². The molecule has 0 aliphatic carbocycles. The lowest BCUT2D eigenvalue weighted by Crippen LogP contribution is -2.50. The number of aliphatic hydroxyl groups excluding tert-OH is 1. The van der Waals surface area contributed by atoms with Gasteiger partial charge in [-0.05, 0) is 18.9 Å². The van der Waals surface area contributed by atoms with Gasteiger partial charge < -0.3 is 19.7 Å². The fourth-order valence-corrected chi connectivity index (χ4v) is 2.69. The van der Waals surface area contributed by atoms with E-state index in [4.69, 9.17) is 9.47 Å². The van der Waals surface area contributed by atoms with E-state index in [1.54, 1.807) is 6.92 Å². The van der Waals surface area contributed by atoms with Gasteiger partial charge in [-0.15, -0.1) is 0 Å². The molecule has 1 aliphatic heterocycles. The van der Waals surface area contributed by atoms with Crippen LogP contribution in [-0.4, -0.2) is 42.3 Å². The van der Waals surface area contributed by atoms with E-state index in [0.717, 1.165) is 5.56 Å². The van der Waals surface area contributed by atoms with Crippen molar-refractivity contribution in [3.05, 3.63) is 35.9 Å². The summed E-state index contributed by atoms with van der Waals surface area (Å²) in [6.07, 6.45) is -0.134. The third kappa shape index (κ3) is 3.00. The Hall–Kier alpha value is -1.43. The van der Waals surface area contributed by atoms with Gasteiger partial charge in [0.1, 0.15) is 6.79 Å². The second kappa shape index (κ2) is 6.35.